The number of carbonyl (C=O) groups is 1. The molecule has 2 rings (SSSR count). The minimum atomic E-state index is -0.404. The molecule has 2 aromatic carbocycles. The molecule has 0 saturated heterocycles. The fraction of sp³-hybridized carbons (Fsp3) is 0.286. The largest absolute Gasteiger partial charge is 0.492 e. The number of nitrogens with zero attached hydrogens (tertiary/aromatic N) is 1. The van der Waals surface area contributed by atoms with Crippen LogP contribution in [0.25, 0.3) is 11.6 Å². The van der Waals surface area contributed by atoms with Gasteiger partial charge in [0.1, 0.15) is 12.4 Å². The van der Waals surface area contributed by atoms with Gasteiger partial charge in [0.25, 0.3) is 0 Å². The summed E-state index contributed by atoms with van der Waals surface area (Å²) < 4.78 is 5.72. The zero-order valence-corrected chi connectivity index (χ0v) is 15.2. The second-order valence-electron chi connectivity index (χ2n) is 6.19. The number of primary amides is 1. The maximum absolute atomic E-state index is 11.2. The van der Waals surface area contributed by atoms with Crippen LogP contribution >= 0.6 is 0 Å². The molecule has 4 heteroatoms. The third kappa shape index (κ3) is 5.76. The summed E-state index contributed by atoms with van der Waals surface area (Å²) in [6.07, 6.45) is 3.06. The first-order chi connectivity index (χ1) is 12.0. The average Bonchev–Trinajstić information content (AvgIpc) is 2.60. The Morgan fingerprint density at radius 2 is 1.64 bits per heavy atom. The summed E-state index contributed by atoms with van der Waals surface area (Å²) in [7, 11) is 4.05. The van der Waals surface area contributed by atoms with E-state index in [1.54, 1.807) is 12.1 Å². The van der Waals surface area contributed by atoms with Crippen LogP contribution in [0, 0.1) is 0 Å². The van der Waals surface area contributed by atoms with Gasteiger partial charge in [-0.15, -0.1) is 0 Å². The number of allylic oxidation sites excluding steroid dienone is 1. The van der Waals surface area contributed by atoms with Gasteiger partial charge in [0, 0.05) is 12.1 Å². The molecule has 132 valence electrons. The molecule has 0 bridgehead atoms. The molecule has 0 aliphatic carbocycles. The molecule has 0 aliphatic heterocycles. The minimum Gasteiger partial charge on any atom is -0.492 e. The number of hydrogen-bond acceptors (Lipinski definition) is 3. The van der Waals surface area contributed by atoms with Crippen molar-refractivity contribution in [3.05, 3.63) is 65.2 Å². The molecule has 2 aromatic rings. The number of hydrogen-bond donors (Lipinski definition) is 1. The molecular weight excluding hydrogens is 312 g/mol. The monoisotopic (exact) mass is 338 g/mol. The number of likely N-dealkylation sites (N-methyl/N-ethyl adjacent to an activating group) is 1. The van der Waals surface area contributed by atoms with Crippen LogP contribution in [-0.4, -0.2) is 38.1 Å². The lowest BCUT2D eigenvalue weighted by Gasteiger charge is -2.11. The van der Waals surface area contributed by atoms with E-state index in [-0.39, 0.29) is 0 Å². The van der Waals surface area contributed by atoms with Crippen LogP contribution in [0.2, 0.25) is 0 Å². The van der Waals surface area contributed by atoms with Crippen LogP contribution in [-0.2, 0) is 0 Å². The molecule has 0 atom stereocenters. The van der Waals surface area contributed by atoms with Crippen molar-refractivity contribution >= 4 is 17.6 Å². The maximum Gasteiger partial charge on any atom is 0.248 e. The van der Waals surface area contributed by atoms with Crippen LogP contribution in [0.4, 0.5) is 0 Å². The number of amides is 1. The summed E-state index contributed by atoms with van der Waals surface area (Å²) in [5.41, 5.74) is 9.24. The van der Waals surface area contributed by atoms with Gasteiger partial charge >= 0.3 is 0 Å². The third-order valence-electron chi connectivity index (χ3n) is 3.95. The van der Waals surface area contributed by atoms with E-state index in [0.29, 0.717) is 12.2 Å². The Kier molecular flexibility index (Phi) is 6.78. The van der Waals surface area contributed by atoms with Crippen LogP contribution in [0.3, 0.4) is 0 Å². The Bertz CT molecular complexity index is 717. The van der Waals surface area contributed by atoms with Gasteiger partial charge in [0.2, 0.25) is 5.91 Å². The van der Waals surface area contributed by atoms with Crippen LogP contribution in [0.15, 0.2) is 48.5 Å². The Morgan fingerprint density at radius 1 is 1.04 bits per heavy atom. The molecule has 0 saturated carbocycles. The van der Waals surface area contributed by atoms with Crippen molar-refractivity contribution in [2.45, 2.75) is 13.3 Å². The number of carbonyl (C=O) groups excluding carboxylic acids is 1. The molecule has 0 fully saturated rings. The molecule has 0 heterocycles. The number of ether oxygens (including phenoxy) is 1. The van der Waals surface area contributed by atoms with Crippen molar-refractivity contribution in [2.75, 3.05) is 27.2 Å². The van der Waals surface area contributed by atoms with E-state index in [1.807, 2.05) is 38.4 Å². The van der Waals surface area contributed by atoms with Gasteiger partial charge in [-0.05, 0) is 61.5 Å². The molecule has 0 aliphatic rings. The van der Waals surface area contributed by atoms with E-state index in [4.69, 9.17) is 10.5 Å². The van der Waals surface area contributed by atoms with Crippen molar-refractivity contribution in [2.24, 2.45) is 5.73 Å². The summed E-state index contributed by atoms with van der Waals surface area (Å²) in [6.45, 7) is 3.68. The molecule has 1 amide bonds. The normalized spacial score (nSPS) is 11.6. The lowest BCUT2D eigenvalue weighted by molar-refractivity contribution is 0.100. The molecule has 0 unspecified atom stereocenters. The topological polar surface area (TPSA) is 55.6 Å². The predicted octanol–water partition coefficient (Wildman–Crippen LogP) is 3.68. The Balaban J connectivity index is 2.09. The van der Waals surface area contributed by atoms with Crippen molar-refractivity contribution < 1.29 is 9.53 Å². The first-order valence-electron chi connectivity index (χ1n) is 8.48. The average molecular weight is 338 g/mol. The smallest absolute Gasteiger partial charge is 0.248 e. The van der Waals surface area contributed by atoms with Gasteiger partial charge in [-0.1, -0.05) is 37.3 Å². The molecule has 25 heavy (non-hydrogen) atoms. The van der Waals surface area contributed by atoms with E-state index >= 15 is 0 Å². The molecular formula is C21H26N2O2. The summed E-state index contributed by atoms with van der Waals surface area (Å²) in [5.74, 6) is 0.473. The van der Waals surface area contributed by atoms with Crippen molar-refractivity contribution in [3.8, 4) is 5.75 Å². The van der Waals surface area contributed by atoms with Gasteiger partial charge in [-0.2, -0.15) is 0 Å². The molecule has 4 nitrogen and oxygen atoms in total. The van der Waals surface area contributed by atoms with Crippen molar-refractivity contribution in [1.29, 1.82) is 0 Å². The SMILES string of the molecule is CC/C(=C/c1ccc(OCCN(C)C)cc1)c1ccc(C(N)=O)cc1. The van der Waals surface area contributed by atoms with Crippen molar-refractivity contribution in [1.82, 2.24) is 4.90 Å². The maximum atomic E-state index is 11.2. The Labute approximate surface area is 149 Å². The van der Waals surface area contributed by atoms with E-state index in [2.05, 4.69) is 30.0 Å². The minimum absolute atomic E-state index is 0.404. The highest BCUT2D eigenvalue weighted by Crippen LogP contribution is 2.23. The Morgan fingerprint density at radius 3 is 2.16 bits per heavy atom. The molecule has 0 radical (unpaired) electrons. The van der Waals surface area contributed by atoms with Gasteiger partial charge in [-0.3, -0.25) is 4.79 Å². The van der Waals surface area contributed by atoms with Crippen LogP contribution < -0.4 is 10.5 Å². The van der Waals surface area contributed by atoms with E-state index < -0.39 is 5.91 Å². The fourth-order valence-electron chi connectivity index (χ4n) is 2.45. The van der Waals surface area contributed by atoms with Gasteiger partial charge in [0.05, 0.1) is 0 Å². The van der Waals surface area contributed by atoms with Crippen LogP contribution in [0.1, 0.15) is 34.8 Å². The highest BCUT2D eigenvalue weighted by atomic mass is 16.5. The van der Waals surface area contributed by atoms with Gasteiger partial charge in [-0.25, -0.2) is 0 Å². The van der Waals surface area contributed by atoms with Crippen LogP contribution in [0.5, 0.6) is 5.75 Å². The van der Waals surface area contributed by atoms with E-state index in [1.165, 1.54) is 5.57 Å². The van der Waals surface area contributed by atoms with E-state index in [9.17, 15) is 4.79 Å². The second kappa shape index (κ2) is 9.04. The summed E-state index contributed by atoms with van der Waals surface area (Å²) >= 11 is 0. The second-order valence-corrected chi connectivity index (χ2v) is 6.19. The van der Waals surface area contributed by atoms with Crippen molar-refractivity contribution in [3.63, 3.8) is 0 Å². The molecule has 0 spiro atoms. The quantitative estimate of drug-likeness (QED) is 0.747. The summed E-state index contributed by atoms with van der Waals surface area (Å²) in [4.78, 5) is 13.3. The van der Waals surface area contributed by atoms with Gasteiger partial charge in [0.15, 0.2) is 0 Å². The zero-order valence-electron chi connectivity index (χ0n) is 15.2. The van der Waals surface area contributed by atoms with E-state index in [0.717, 1.165) is 29.8 Å². The summed E-state index contributed by atoms with van der Waals surface area (Å²) in [5, 5.41) is 0. The molecule has 0 aromatic heterocycles. The van der Waals surface area contributed by atoms with Gasteiger partial charge < -0.3 is 15.4 Å². The third-order valence-corrected chi connectivity index (χ3v) is 3.95. The molecule has 2 N–H and O–H groups in total. The predicted molar refractivity (Wildman–Crippen MR) is 104 cm³/mol. The first-order valence-corrected chi connectivity index (χ1v) is 8.48. The first kappa shape index (κ1) is 18.7. The number of rotatable bonds is 8. The number of benzene rings is 2. The zero-order chi connectivity index (χ0) is 18.2. The lowest BCUT2D eigenvalue weighted by atomic mass is 9.99. The standard InChI is InChI=1S/C21H26N2O2/c1-4-17(18-7-9-19(10-8-18)21(22)24)15-16-5-11-20(12-6-16)25-14-13-23(2)3/h5-12,15H,4,13-14H2,1-3H3,(H2,22,24)/b17-15-. The highest BCUT2D eigenvalue weighted by Gasteiger charge is 2.03. The number of nitrogens with two attached hydrogens (primary N) is 1. The fourth-order valence-corrected chi connectivity index (χ4v) is 2.45. The summed E-state index contributed by atoms with van der Waals surface area (Å²) in [6, 6.07) is 15.5. The Hall–Kier alpha value is -2.59. The lowest BCUT2D eigenvalue weighted by Crippen LogP contribution is -2.19. The highest BCUT2D eigenvalue weighted by molar-refractivity contribution is 5.93.